The van der Waals surface area contributed by atoms with Gasteiger partial charge in [0.2, 0.25) is 0 Å². The molecule has 18 heavy (non-hydrogen) atoms. The second-order valence-electron chi connectivity index (χ2n) is 4.22. The van der Waals surface area contributed by atoms with Gasteiger partial charge in [0, 0.05) is 13.1 Å². The number of hydrogen-bond donors (Lipinski definition) is 0. The lowest BCUT2D eigenvalue weighted by atomic mass is 10.1. The third-order valence-electron chi connectivity index (χ3n) is 2.64. The Morgan fingerprint density at radius 3 is 2.44 bits per heavy atom. The van der Waals surface area contributed by atoms with Crippen LogP contribution in [0.25, 0.3) is 0 Å². The number of nitrogens with zero attached hydrogens (tertiary/aromatic N) is 1. The van der Waals surface area contributed by atoms with Gasteiger partial charge in [-0.05, 0) is 38.5 Å². The quantitative estimate of drug-likeness (QED) is 0.723. The van der Waals surface area contributed by atoms with Crippen LogP contribution < -0.4 is 4.74 Å². The zero-order valence-electron chi connectivity index (χ0n) is 11.4. The smallest absolute Gasteiger partial charge is 0.257 e. The predicted octanol–water partition coefficient (Wildman–Crippen LogP) is 3.12. The maximum absolute atomic E-state index is 12.3. The maximum Gasteiger partial charge on any atom is 0.257 e. The van der Waals surface area contributed by atoms with Crippen LogP contribution in [0.1, 0.15) is 31.1 Å². The molecule has 0 N–H and O–H groups in total. The summed E-state index contributed by atoms with van der Waals surface area (Å²) in [5.41, 5.74) is 1.54. The number of rotatable bonds is 6. The van der Waals surface area contributed by atoms with Gasteiger partial charge in [0.25, 0.3) is 5.91 Å². The zero-order chi connectivity index (χ0) is 13.5. The van der Waals surface area contributed by atoms with E-state index in [1.807, 2.05) is 39.0 Å². The summed E-state index contributed by atoms with van der Waals surface area (Å²) in [6.45, 7) is 11.5. The third kappa shape index (κ3) is 3.62. The maximum atomic E-state index is 12.3. The average Bonchev–Trinajstić information content (AvgIpc) is 2.38. The molecule has 0 saturated carbocycles. The molecule has 0 aliphatic carbocycles. The Kier molecular flexibility index (Phi) is 5.43. The first-order valence-corrected chi connectivity index (χ1v) is 6.25. The summed E-state index contributed by atoms with van der Waals surface area (Å²) in [6, 6.07) is 7.34. The monoisotopic (exact) mass is 247 g/mol. The van der Waals surface area contributed by atoms with E-state index in [0.29, 0.717) is 31.0 Å². The topological polar surface area (TPSA) is 29.5 Å². The summed E-state index contributed by atoms with van der Waals surface area (Å²) < 4.78 is 5.61. The Morgan fingerprint density at radius 1 is 1.28 bits per heavy atom. The van der Waals surface area contributed by atoms with E-state index in [0.717, 1.165) is 5.57 Å². The Morgan fingerprint density at radius 2 is 1.89 bits per heavy atom. The highest BCUT2D eigenvalue weighted by molar-refractivity contribution is 5.96. The zero-order valence-corrected chi connectivity index (χ0v) is 11.4. The minimum Gasteiger partial charge on any atom is -0.488 e. The van der Waals surface area contributed by atoms with Crippen LogP contribution in [0.3, 0.4) is 0 Å². The number of carbonyl (C=O) groups is 1. The standard InChI is InChI=1S/C15H21NO2/c1-5-16(6-2)15(17)13-9-7-8-10-14(13)18-11-12(3)4/h7-10H,3,5-6,11H2,1-2,4H3. The summed E-state index contributed by atoms with van der Waals surface area (Å²) in [7, 11) is 0. The Bertz CT molecular complexity index is 422. The van der Waals surface area contributed by atoms with Gasteiger partial charge >= 0.3 is 0 Å². The molecule has 0 radical (unpaired) electrons. The van der Waals surface area contributed by atoms with E-state index in [9.17, 15) is 4.79 Å². The van der Waals surface area contributed by atoms with Gasteiger partial charge in [-0.1, -0.05) is 18.7 Å². The number of ether oxygens (including phenoxy) is 1. The summed E-state index contributed by atoms with van der Waals surface area (Å²) >= 11 is 0. The van der Waals surface area contributed by atoms with Crippen molar-refractivity contribution >= 4 is 5.91 Å². The Labute approximate surface area is 109 Å². The van der Waals surface area contributed by atoms with E-state index in [1.165, 1.54) is 0 Å². The molecule has 0 spiro atoms. The molecule has 0 aliphatic heterocycles. The average molecular weight is 247 g/mol. The first-order chi connectivity index (χ1) is 8.60. The second kappa shape index (κ2) is 6.84. The fourth-order valence-corrected chi connectivity index (χ4v) is 1.65. The first kappa shape index (κ1) is 14.3. The van der Waals surface area contributed by atoms with E-state index >= 15 is 0 Å². The largest absolute Gasteiger partial charge is 0.488 e. The van der Waals surface area contributed by atoms with Gasteiger partial charge in [-0.15, -0.1) is 0 Å². The fraction of sp³-hybridized carbons (Fsp3) is 0.400. The van der Waals surface area contributed by atoms with Crippen LogP contribution in [-0.4, -0.2) is 30.5 Å². The minimum atomic E-state index is 0.0114. The van der Waals surface area contributed by atoms with Crippen molar-refractivity contribution in [1.82, 2.24) is 4.90 Å². The lowest BCUT2D eigenvalue weighted by molar-refractivity contribution is 0.0769. The minimum absolute atomic E-state index is 0.0114. The van der Waals surface area contributed by atoms with Crippen LogP contribution in [0.15, 0.2) is 36.4 Å². The molecular formula is C15H21NO2. The molecule has 3 heteroatoms. The van der Waals surface area contributed by atoms with Crippen LogP contribution in [0.5, 0.6) is 5.75 Å². The van der Waals surface area contributed by atoms with E-state index < -0.39 is 0 Å². The van der Waals surface area contributed by atoms with Crippen molar-refractivity contribution in [2.45, 2.75) is 20.8 Å². The van der Waals surface area contributed by atoms with Crippen LogP contribution in [-0.2, 0) is 0 Å². The number of para-hydroxylation sites is 1. The highest BCUT2D eigenvalue weighted by Crippen LogP contribution is 2.20. The molecule has 3 nitrogen and oxygen atoms in total. The Balaban J connectivity index is 2.93. The second-order valence-corrected chi connectivity index (χ2v) is 4.22. The van der Waals surface area contributed by atoms with Crippen molar-refractivity contribution in [2.24, 2.45) is 0 Å². The highest BCUT2D eigenvalue weighted by atomic mass is 16.5. The van der Waals surface area contributed by atoms with Crippen molar-refractivity contribution in [3.63, 3.8) is 0 Å². The molecule has 98 valence electrons. The molecule has 0 fully saturated rings. The molecule has 0 atom stereocenters. The highest BCUT2D eigenvalue weighted by Gasteiger charge is 2.16. The third-order valence-corrected chi connectivity index (χ3v) is 2.64. The normalized spacial score (nSPS) is 9.94. The van der Waals surface area contributed by atoms with Gasteiger partial charge in [0.15, 0.2) is 0 Å². The molecular weight excluding hydrogens is 226 g/mol. The number of hydrogen-bond acceptors (Lipinski definition) is 2. The molecule has 1 amide bonds. The fourth-order valence-electron chi connectivity index (χ4n) is 1.65. The molecule has 0 aliphatic rings. The SMILES string of the molecule is C=C(C)COc1ccccc1C(=O)N(CC)CC. The van der Waals surface area contributed by atoms with Crippen LogP contribution in [0.4, 0.5) is 0 Å². The summed E-state index contributed by atoms with van der Waals surface area (Å²) in [4.78, 5) is 14.1. The number of amides is 1. The van der Waals surface area contributed by atoms with Crippen LogP contribution in [0.2, 0.25) is 0 Å². The van der Waals surface area contributed by atoms with Crippen molar-refractivity contribution in [3.05, 3.63) is 42.0 Å². The van der Waals surface area contributed by atoms with Crippen molar-refractivity contribution in [1.29, 1.82) is 0 Å². The Hall–Kier alpha value is -1.77. The van der Waals surface area contributed by atoms with Gasteiger partial charge in [-0.2, -0.15) is 0 Å². The lowest BCUT2D eigenvalue weighted by Gasteiger charge is -2.20. The lowest BCUT2D eigenvalue weighted by Crippen LogP contribution is -2.30. The van der Waals surface area contributed by atoms with Gasteiger partial charge in [0.05, 0.1) is 5.56 Å². The molecule has 1 aromatic rings. The molecule has 0 aromatic heterocycles. The molecule has 1 rings (SSSR count). The van der Waals surface area contributed by atoms with Gasteiger partial charge < -0.3 is 9.64 Å². The van der Waals surface area contributed by atoms with E-state index in [2.05, 4.69) is 6.58 Å². The summed E-state index contributed by atoms with van der Waals surface area (Å²) in [6.07, 6.45) is 0. The van der Waals surface area contributed by atoms with Crippen molar-refractivity contribution in [3.8, 4) is 5.75 Å². The van der Waals surface area contributed by atoms with Gasteiger partial charge in [-0.3, -0.25) is 4.79 Å². The first-order valence-electron chi connectivity index (χ1n) is 6.25. The molecule has 0 saturated heterocycles. The van der Waals surface area contributed by atoms with Gasteiger partial charge in [-0.25, -0.2) is 0 Å². The van der Waals surface area contributed by atoms with Crippen LogP contribution >= 0.6 is 0 Å². The number of carbonyl (C=O) groups excluding carboxylic acids is 1. The van der Waals surface area contributed by atoms with Crippen molar-refractivity contribution in [2.75, 3.05) is 19.7 Å². The molecule has 0 unspecified atom stereocenters. The summed E-state index contributed by atoms with van der Waals surface area (Å²) in [5.74, 6) is 0.634. The van der Waals surface area contributed by atoms with E-state index in [4.69, 9.17) is 4.74 Å². The van der Waals surface area contributed by atoms with Gasteiger partial charge in [0.1, 0.15) is 12.4 Å². The molecule has 0 heterocycles. The predicted molar refractivity (Wildman–Crippen MR) is 74.0 cm³/mol. The molecule has 1 aromatic carbocycles. The summed E-state index contributed by atoms with van der Waals surface area (Å²) in [5, 5.41) is 0. The van der Waals surface area contributed by atoms with Crippen molar-refractivity contribution < 1.29 is 9.53 Å². The van der Waals surface area contributed by atoms with E-state index in [1.54, 1.807) is 11.0 Å². The molecule has 0 bridgehead atoms. The van der Waals surface area contributed by atoms with Crippen LogP contribution in [0, 0.1) is 0 Å². The number of benzene rings is 1. The van der Waals surface area contributed by atoms with E-state index in [-0.39, 0.29) is 5.91 Å².